The standard InChI is InChI=1S/C24H29N7O3/c32-23(31-5-3-25-4-6-31)21-29-22(34-30-21)17-12-27-20-16(1-2-26-20)19(17)28-18-14-7-13-8-15(18)11-24(33,9-13)10-14/h1-2,12-15,18,25,33H,3-11H2,(H2,26,27,28). The summed E-state index contributed by atoms with van der Waals surface area (Å²) in [7, 11) is 0. The minimum Gasteiger partial charge on any atom is -0.390 e. The van der Waals surface area contributed by atoms with Gasteiger partial charge in [0, 0.05) is 50.0 Å². The Bertz CT molecular complexity index is 1230. The zero-order valence-electron chi connectivity index (χ0n) is 19.0. The molecule has 1 aliphatic heterocycles. The van der Waals surface area contributed by atoms with E-state index in [-0.39, 0.29) is 17.8 Å². The molecule has 3 aromatic rings. The van der Waals surface area contributed by atoms with Gasteiger partial charge in [0.05, 0.1) is 16.9 Å². The summed E-state index contributed by atoms with van der Waals surface area (Å²) in [6.07, 6.45) is 8.61. The van der Waals surface area contributed by atoms with Crippen molar-refractivity contribution in [3.05, 3.63) is 24.3 Å². The first kappa shape index (κ1) is 20.4. The van der Waals surface area contributed by atoms with Crippen LogP contribution in [0.25, 0.3) is 22.5 Å². The van der Waals surface area contributed by atoms with Gasteiger partial charge < -0.3 is 30.1 Å². The number of fused-ring (bicyclic) bond motifs is 1. The highest BCUT2D eigenvalue weighted by Gasteiger charge is 2.54. The number of piperazine rings is 1. The predicted molar refractivity (Wildman–Crippen MR) is 124 cm³/mol. The van der Waals surface area contributed by atoms with E-state index in [1.807, 2.05) is 12.3 Å². The van der Waals surface area contributed by atoms with Gasteiger partial charge in [0.2, 0.25) is 0 Å². The minimum absolute atomic E-state index is 0.0776. The number of hydrogen-bond acceptors (Lipinski definition) is 8. The van der Waals surface area contributed by atoms with Crippen molar-refractivity contribution in [1.82, 2.24) is 30.3 Å². The zero-order valence-corrected chi connectivity index (χ0v) is 19.0. The number of pyridine rings is 1. The van der Waals surface area contributed by atoms with Crippen LogP contribution in [0, 0.1) is 17.8 Å². The second-order valence-corrected chi connectivity index (χ2v) is 10.6. The topological polar surface area (TPSA) is 132 Å². The second-order valence-electron chi connectivity index (χ2n) is 10.6. The Morgan fingerprint density at radius 2 is 2.00 bits per heavy atom. The van der Waals surface area contributed by atoms with Gasteiger partial charge in [0.25, 0.3) is 17.6 Å². The average Bonchev–Trinajstić information content (AvgIpc) is 3.50. The van der Waals surface area contributed by atoms with E-state index in [2.05, 4.69) is 30.7 Å². The summed E-state index contributed by atoms with van der Waals surface area (Å²) in [6.45, 7) is 2.78. The number of aromatic amines is 1. The number of H-pyrrole nitrogens is 1. The van der Waals surface area contributed by atoms with E-state index in [0.717, 1.165) is 61.9 Å². The fourth-order valence-corrected chi connectivity index (χ4v) is 7.14. The maximum atomic E-state index is 12.9. The Morgan fingerprint density at radius 3 is 2.76 bits per heavy atom. The van der Waals surface area contributed by atoms with Gasteiger partial charge in [-0.05, 0) is 55.9 Å². The van der Waals surface area contributed by atoms with Gasteiger partial charge in [-0.25, -0.2) is 4.98 Å². The molecule has 10 heteroatoms. The summed E-state index contributed by atoms with van der Waals surface area (Å²) in [5.41, 5.74) is 1.91. The molecular weight excluding hydrogens is 434 g/mol. The lowest BCUT2D eigenvalue weighted by Crippen LogP contribution is -2.59. The smallest absolute Gasteiger partial charge is 0.295 e. The first-order chi connectivity index (χ1) is 16.6. The highest BCUT2D eigenvalue weighted by atomic mass is 16.5. The molecule has 3 aromatic heterocycles. The number of amides is 1. The van der Waals surface area contributed by atoms with E-state index in [4.69, 9.17) is 4.52 Å². The van der Waals surface area contributed by atoms with Crippen molar-refractivity contribution in [3.8, 4) is 11.5 Å². The maximum Gasteiger partial charge on any atom is 0.295 e. The van der Waals surface area contributed by atoms with Crippen molar-refractivity contribution in [2.75, 3.05) is 31.5 Å². The first-order valence-corrected chi connectivity index (χ1v) is 12.4. The van der Waals surface area contributed by atoms with E-state index in [1.54, 1.807) is 11.1 Å². The fourth-order valence-electron chi connectivity index (χ4n) is 7.14. The van der Waals surface area contributed by atoms with Crippen molar-refractivity contribution < 1.29 is 14.4 Å². The van der Waals surface area contributed by atoms with E-state index in [9.17, 15) is 9.90 Å². The largest absolute Gasteiger partial charge is 0.390 e. The van der Waals surface area contributed by atoms with Crippen LogP contribution in [0.1, 0.15) is 42.7 Å². The lowest BCUT2D eigenvalue weighted by Gasteiger charge is -2.58. The molecule has 178 valence electrons. The van der Waals surface area contributed by atoms with E-state index in [1.165, 1.54) is 0 Å². The first-order valence-electron chi connectivity index (χ1n) is 12.4. The Morgan fingerprint density at radius 1 is 1.21 bits per heavy atom. The SMILES string of the molecule is O=C(c1noc(-c2cnc3[nH]ccc3c2NC2C3CC4CC2CC(O)(C4)C3)n1)N1CCNCC1. The van der Waals surface area contributed by atoms with Crippen molar-refractivity contribution in [2.24, 2.45) is 17.8 Å². The third-order valence-corrected chi connectivity index (χ3v) is 8.39. The average molecular weight is 464 g/mol. The lowest BCUT2D eigenvalue weighted by molar-refractivity contribution is -0.129. The molecule has 34 heavy (non-hydrogen) atoms. The molecule has 0 spiro atoms. The van der Waals surface area contributed by atoms with E-state index >= 15 is 0 Å². The lowest BCUT2D eigenvalue weighted by atomic mass is 9.52. The number of aliphatic hydroxyl groups is 1. The summed E-state index contributed by atoms with van der Waals surface area (Å²) in [6, 6.07) is 2.28. The maximum absolute atomic E-state index is 12.9. The molecular formula is C24H29N7O3. The van der Waals surface area contributed by atoms with Crippen LogP contribution in [-0.4, -0.2) is 73.8 Å². The molecule has 10 nitrogen and oxygen atoms in total. The Balaban J connectivity index is 1.23. The van der Waals surface area contributed by atoms with Gasteiger partial charge in [0.15, 0.2) is 0 Å². The summed E-state index contributed by atoms with van der Waals surface area (Å²) < 4.78 is 5.60. The molecule has 1 amide bonds. The Kier molecular flexibility index (Phi) is 4.51. The van der Waals surface area contributed by atoms with Gasteiger partial charge in [-0.2, -0.15) is 4.98 Å². The molecule has 8 rings (SSSR count). The molecule has 5 aliphatic rings. The molecule has 0 radical (unpaired) electrons. The van der Waals surface area contributed by atoms with Gasteiger partial charge in [-0.1, -0.05) is 5.16 Å². The number of rotatable bonds is 4. The monoisotopic (exact) mass is 463 g/mol. The van der Waals surface area contributed by atoms with Crippen LogP contribution in [0.2, 0.25) is 0 Å². The number of nitrogens with one attached hydrogen (secondary N) is 3. The van der Waals surface area contributed by atoms with Crippen LogP contribution in [0.4, 0.5) is 5.69 Å². The number of hydrogen-bond donors (Lipinski definition) is 4. The molecule has 4 saturated carbocycles. The number of carbonyl (C=O) groups is 1. The summed E-state index contributed by atoms with van der Waals surface area (Å²) in [4.78, 5) is 26.8. The van der Waals surface area contributed by atoms with Gasteiger partial charge >= 0.3 is 0 Å². The molecule has 4 aliphatic carbocycles. The van der Waals surface area contributed by atoms with Crippen LogP contribution in [0.15, 0.2) is 23.0 Å². The van der Waals surface area contributed by atoms with Crippen LogP contribution in [0.5, 0.6) is 0 Å². The van der Waals surface area contributed by atoms with E-state index < -0.39 is 5.60 Å². The van der Waals surface area contributed by atoms with Crippen LogP contribution < -0.4 is 10.6 Å². The molecule has 5 fully saturated rings. The molecule has 2 unspecified atom stereocenters. The Labute approximate surface area is 196 Å². The molecule has 0 aromatic carbocycles. The van der Waals surface area contributed by atoms with Gasteiger partial charge in [0.1, 0.15) is 5.65 Å². The minimum atomic E-state index is -0.481. The number of nitrogens with zero attached hydrogens (tertiary/aromatic N) is 4. The highest BCUT2D eigenvalue weighted by Crippen LogP contribution is 2.56. The zero-order chi connectivity index (χ0) is 22.9. The summed E-state index contributed by atoms with van der Waals surface area (Å²) in [5.74, 6) is 1.68. The third kappa shape index (κ3) is 3.23. The van der Waals surface area contributed by atoms with Crippen molar-refractivity contribution in [1.29, 1.82) is 0 Å². The van der Waals surface area contributed by atoms with Gasteiger partial charge in [-0.3, -0.25) is 4.79 Å². The number of carbonyl (C=O) groups excluding carboxylic acids is 1. The molecule has 4 bridgehead atoms. The van der Waals surface area contributed by atoms with Gasteiger partial charge in [-0.15, -0.1) is 0 Å². The number of anilines is 1. The molecule has 2 atom stereocenters. The highest BCUT2D eigenvalue weighted by molar-refractivity contribution is 5.97. The van der Waals surface area contributed by atoms with Crippen molar-refractivity contribution >= 4 is 22.6 Å². The van der Waals surface area contributed by atoms with Crippen LogP contribution in [-0.2, 0) is 0 Å². The normalized spacial score (nSPS) is 32.4. The Hall–Kier alpha value is -2.98. The van der Waals surface area contributed by atoms with Crippen molar-refractivity contribution in [2.45, 2.75) is 43.7 Å². The fraction of sp³-hybridized carbons (Fsp3) is 0.583. The summed E-state index contributed by atoms with van der Waals surface area (Å²) in [5, 5.41) is 23.1. The molecule has 1 saturated heterocycles. The van der Waals surface area contributed by atoms with Crippen LogP contribution in [0.3, 0.4) is 0 Å². The van der Waals surface area contributed by atoms with Crippen molar-refractivity contribution in [3.63, 3.8) is 0 Å². The van der Waals surface area contributed by atoms with E-state index in [0.29, 0.717) is 42.3 Å². The van der Waals surface area contributed by atoms with Crippen LogP contribution >= 0.6 is 0 Å². The number of aromatic nitrogens is 4. The predicted octanol–water partition coefficient (Wildman–Crippen LogP) is 2.01. The molecule has 4 heterocycles. The third-order valence-electron chi connectivity index (χ3n) is 8.39. The molecule has 4 N–H and O–H groups in total. The quantitative estimate of drug-likeness (QED) is 0.462. The second kappa shape index (κ2) is 7.51. The summed E-state index contributed by atoms with van der Waals surface area (Å²) >= 11 is 0.